The molecule has 0 radical (unpaired) electrons. The molecule has 0 amide bonds. The highest BCUT2D eigenvalue weighted by atomic mass is 32.2. The zero-order chi connectivity index (χ0) is 15.5. The summed E-state index contributed by atoms with van der Waals surface area (Å²) in [6.07, 6.45) is 0. The van der Waals surface area contributed by atoms with Gasteiger partial charge in [0.15, 0.2) is 0 Å². The van der Waals surface area contributed by atoms with Gasteiger partial charge in [0.1, 0.15) is 0 Å². The van der Waals surface area contributed by atoms with Crippen LogP contribution in [0.2, 0.25) is 0 Å². The summed E-state index contributed by atoms with van der Waals surface area (Å²) >= 11 is 0. The maximum Gasteiger partial charge on any atom is 0.214 e. The molecule has 0 aliphatic rings. The van der Waals surface area contributed by atoms with Gasteiger partial charge < -0.3 is 0 Å². The van der Waals surface area contributed by atoms with E-state index in [1.54, 1.807) is 13.8 Å². The summed E-state index contributed by atoms with van der Waals surface area (Å²) in [5.41, 5.74) is 4.48. The molecule has 112 valence electrons. The van der Waals surface area contributed by atoms with Crippen molar-refractivity contribution in [1.82, 2.24) is 4.72 Å². The standard InChI is InChI=1S/C17H21NO2S/c1-13(2)21(19,20)18-12-15-6-10-17(11-7-15)16-8-4-14(3)5-9-16/h4-11,13,18H,12H2,1-3H3. The van der Waals surface area contributed by atoms with Gasteiger partial charge in [0.2, 0.25) is 10.0 Å². The molecule has 2 aromatic carbocycles. The average molecular weight is 303 g/mol. The molecule has 0 aromatic heterocycles. The highest BCUT2D eigenvalue weighted by Crippen LogP contribution is 2.20. The first-order chi connectivity index (χ1) is 9.88. The summed E-state index contributed by atoms with van der Waals surface area (Å²) in [6, 6.07) is 16.3. The molecule has 0 unspecified atom stereocenters. The van der Waals surface area contributed by atoms with Crippen LogP contribution in [0.3, 0.4) is 0 Å². The lowest BCUT2D eigenvalue weighted by Crippen LogP contribution is -2.30. The van der Waals surface area contributed by atoms with Crippen molar-refractivity contribution in [3.63, 3.8) is 0 Å². The molecule has 21 heavy (non-hydrogen) atoms. The molecule has 0 heterocycles. The summed E-state index contributed by atoms with van der Waals surface area (Å²) < 4.78 is 26.0. The van der Waals surface area contributed by atoms with Crippen molar-refractivity contribution < 1.29 is 8.42 Å². The first kappa shape index (κ1) is 15.7. The first-order valence-electron chi connectivity index (χ1n) is 7.03. The topological polar surface area (TPSA) is 46.2 Å². The second kappa shape index (κ2) is 6.41. The van der Waals surface area contributed by atoms with Gasteiger partial charge in [0, 0.05) is 6.54 Å². The molecular formula is C17H21NO2S. The molecule has 0 atom stereocenters. The molecule has 0 bridgehead atoms. The van der Waals surface area contributed by atoms with Crippen LogP contribution < -0.4 is 4.72 Å². The minimum absolute atomic E-state index is 0.328. The van der Waals surface area contributed by atoms with Crippen molar-refractivity contribution in [3.05, 3.63) is 59.7 Å². The largest absolute Gasteiger partial charge is 0.214 e. The van der Waals surface area contributed by atoms with E-state index in [4.69, 9.17) is 0 Å². The van der Waals surface area contributed by atoms with Crippen LogP contribution in [0, 0.1) is 6.92 Å². The summed E-state index contributed by atoms with van der Waals surface area (Å²) in [7, 11) is -3.21. The minimum atomic E-state index is -3.21. The van der Waals surface area contributed by atoms with E-state index in [1.807, 2.05) is 24.3 Å². The molecule has 3 nitrogen and oxygen atoms in total. The average Bonchev–Trinajstić information content (AvgIpc) is 2.46. The third kappa shape index (κ3) is 4.16. The number of rotatable bonds is 5. The second-order valence-electron chi connectivity index (χ2n) is 5.48. The van der Waals surface area contributed by atoms with E-state index in [2.05, 4.69) is 35.9 Å². The van der Waals surface area contributed by atoms with Crippen LogP contribution >= 0.6 is 0 Å². The maximum atomic E-state index is 11.7. The maximum absolute atomic E-state index is 11.7. The van der Waals surface area contributed by atoms with Crippen LogP contribution in [-0.2, 0) is 16.6 Å². The van der Waals surface area contributed by atoms with Crippen molar-refractivity contribution in [1.29, 1.82) is 0 Å². The van der Waals surface area contributed by atoms with Gasteiger partial charge in [-0.25, -0.2) is 13.1 Å². The zero-order valence-electron chi connectivity index (χ0n) is 12.6. The molecule has 0 saturated heterocycles. The lowest BCUT2D eigenvalue weighted by Gasteiger charge is -2.10. The summed E-state index contributed by atoms with van der Waals surface area (Å²) in [5, 5.41) is -0.413. The Morgan fingerprint density at radius 2 is 1.38 bits per heavy atom. The Bertz CT molecular complexity index is 687. The molecule has 1 N–H and O–H groups in total. The smallest absolute Gasteiger partial charge is 0.212 e. The van der Waals surface area contributed by atoms with Gasteiger partial charge in [0.25, 0.3) is 0 Å². The van der Waals surface area contributed by atoms with Gasteiger partial charge in [0.05, 0.1) is 5.25 Å². The predicted molar refractivity (Wildman–Crippen MR) is 87.5 cm³/mol. The van der Waals surface area contributed by atoms with Gasteiger partial charge in [-0.1, -0.05) is 54.1 Å². The highest BCUT2D eigenvalue weighted by Gasteiger charge is 2.14. The lowest BCUT2D eigenvalue weighted by atomic mass is 10.0. The number of sulfonamides is 1. The molecule has 0 saturated carbocycles. The van der Waals surface area contributed by atoms with Crippen LogP contribution in [0.15, 0.2) is 48.5 Å². The SMILES string of the molecule is Cc1ccc(-c2ccc(CNS(=O)(=O)C(C)C)cc2)cc1. The minimum Gasteiger partial charge on any atom is -0.212 e. The number of hydrogen-bond donors (Lipinski definition) is 1. The van der Waals surface area contributed by atoms with Crippen LogP contribution in [0.4, 0.5) is 0 Å². The molecule has 0 spiro atoms. The molecule has 0 aliphatic heterocycles. The van der Waals surface area contributed by atoms with Crippen LogP contribution in [0.5, 0.6) is 0 Å². The highest BCUT2D eigenvalue weighted by molar-refractivity contribution is 7.90. The van der Waals surface area contributed by atoms with E-state index in [0.29, 0.717) is 6.54 Å². The lowest BCUT2D eigenvalue weighted by molar-refractivity contribution is 0.572. The van der Waals surface area contributed by atoms with E-state index in [-0.39, 0.29) is 0 Å². The molecular weight excluding hydrogens is 282 g/mol. The van der Waals surface area contributed by atoms with E-state index >= 15 is 0 Å². The summed E-state index contributed by atoms with van der Waals surface area (Å²) in [4.78, 5) is 0. The Morgan fingerprint density at radius 3 is 1.86 bits per heavy atom. The van der Waals surface area contributed by atoms with E-state index < -0.39 is 15.3 Å². The Morgan fingerprint density at radius 1 is 0.905 bits per heavy atom. The van der Waals surface area contributed by atoms with E-state index in [9.17, 15) is 8.42 Å². The van der Waals surface area contributed by atoms with Crippen LogP contribution in [0.25, 0.3) is 11.1 Å². The van der Waals surface area contributed by atoms with E-state index in [1.165, 1.54) is 5.56 Å². The fourth-order valence-electron chi connectivity index (χ4n) is 1.91. The van der Waals surface area contributed by atoms with Crippen LogP contribution in [0.1, 0.15) is 25.0 Å². The quantitative estimate of drug-likeness (QED) is 0.919. The van der Waals surface area contributed by atoms with Gasteiger partial charge in [-0.3, -0.25) is 0 Å². The van der Waals surface area contributed by atoms with Crippen molar-refractivity contribution in [3.8, 4) is 11.1 Å². The molecule has 2 rings (SSSR count). The summed E-state index contributed by atoms with van der Waals surface area (Å²) in [5.74, 6) is 0. The van der Waals surface area contributed by atoms with Crippen LogP contribution in [-0.4, -0.2) is 13.7 Å². The third-order valence-electron chi connectivity index (χ3n) is 3.44. The van der Waals surface area contributed by atoms with E-state index in [0.717, 1.165) is 16.7 Å². The fraction of sp³-hybridized carbons (Fsp3) is 0.294. The number of hydrogen-bond acceptors (Lipinski definition) is 2. The number of benzene rings is 2. The normalized spacial score (nSPS) is 11.8. The zero-order valence-corrected chi connectivity index (χ0v) is 13.4. The van der Waals surface area contributed by atoms with Gasteiger partial charge in [-0.2, -0.15) is 0 Å². The number of nitrogens with one attached hydrogen (secondary N) is 1. The Hall–Kier alpha value is -1.65. The monoisotopic (exact) mass is 303 g/mol. The summed E-state index contributed by atoms with van der Waals surface area (Å²) in [6.45, 7) is 5.73. The Labute approximate surface area is 127 Å². The number of aryl methyl sites for hydroxylation is 1. The Balaban J connectivity index is 2.07. The molecule has 0 aliphatic carbocycles. The van der Waals surface area contributed by atoms with Gasteiger partial charge in [-0.15, -0.1) is 0 Å². The van der Waals surface area contributed by atoms with Crippen molar-refractivity contribution in [2.75, 3.05) is 0 Å². The van der Waals surface area contributed by atoms with Crippen molar-refractivity contribution >= 4 is 10.0 Å². The fourth-order valence-corrected chi connectivity index (χ4v) is 2.61. The second-order valence-corrected chi connectivity index (χ2v) is 7.80. The van der Waals surface area contributed by atoms with Crippen molar-refractivity contribution in [2.45, 2.75) is 32.6 Å². The first-order valence-corrected chi connectivity index (χ1v) is 8.57. The van der Waals surface area contributed by atoms with Crippen molar-refractivity contribution in [2.24, 2.45) is 0 Å². The molecule has 0 fully saturated rings. The molecule has 4 heteroatoms. The predicted octanol–water partition coefficient (Wildman–Crippen LogP) is 3.49. The molecule has 2 aromatic rings. The van der Waals surface area contributed by atoms with Gasteiger partial charge >= 0.3 is 0 Å². The third-order valence-corrected chi connectivity index (χ3v) is 5.22. The van der Waals surface area contributed by atoms with Gasteiger partial charge in [-0.05, 0) is 37.5 Å². The Kier molecular flexibility index (Phi) is 4.80.